The smallest absolute Gasteiger partial charge is 0.251 e. The Morgan fingerprint density at radius 3 is 2.76 bits per heavy atom. The maximum absolute atomic E-state index is 12.0. The van der Waals surface area contributed by atoms with Gasteiger partial charge >= 0.3 is 0 Å². The molecule has 0 aliphatic heterocycles. The van der Waals surface area contributed by atoms with Crippen molar-refractivity contribution in [1.82, 2.24) is 10.6 Å². The molecule has 0 bridgehead atoms. The van der Waals surface area contributed by atoms with Crippen molar-refractivity contribution in [2.24, 2.45) is 0 Å². The summed E-state index contributed by atoms with van der Waals surface area (Å²) >= 11 is 0. The van der Waals surface area contributed by atoms with E-state index in [1.807, 2.05) is 0 Å². The number of carbonyl (C=O) groups is 1. The van der Waals surface area contributed by atoms with Gasteiger partial charge in [0.05, 0.1) is 7.11 Å². The lowest BCUT2D eigenvalue weighted by Gasteiger charge is -2.11. The van der Waals surface area contributed by atoms with Crippen LogP contribution in [0.3, 0.4) is 0 Å². The average Bonchev–Trinajstić information content (AvgIpc) is 2.52. The van der Waals surface area contributed by atoms with Crippen molar-refractivity contribution in [3.63, 3.8) is 0 Å². The van der Waals surface area contributed by atoms with Gasteiger partial charge in [0.25, 0.3) is 5.91 Å². The SMILES string of the molecule is C=CCOc1ccc(C(=O)NCCNCCC)cc1OC. The third-order valence-electron chi connectivity index (χ3n) is 2.80. The van der Waals surface area contributed by atoms with Gasteiger partial charge in [0.1, 0.15) is 6.61 Å². The van der Waals surface area contributed by atoms with Crippen molar-refractivity contribution in [1.29, 1.82) is 0 Å². The number of hydrogen-bond acceptors (Lipinski definition) is 4. The summed E-state index contributed by atoms with van der Waals surface area (Å²) in [6.07, 6.45) is 2.74. The zero-order valence-corrected chi connectivity index (χ0v) is 12.8. The normalized spacial score (nSPS) is 10.0. The zero-order valence-electron chi connectivity index (χ0n) is 12.8. The maximum Gasteiger partial charge on any atom is 0.251 e. The number of amides is 1. The first-order valence-electron chi connectivity index (χ1n) is 7.13. The molecule has 1 rings (SSSR count). The topological polar surface area (TPSA) is 59.6 Å². The Labute approximate surface area is 126 Å². The molecule has 0 fully saturated rings. The third-order valence-corrected chi connectivity index (χ3v) is 2.80. The Bertz CT molecular complexity index is 461. The minimum absolute atomic E-state index is 0.123. The van der Waals surface area contributed by atoms with Crippen molar-refractivity contribution < 1.29 is 14.3 Å². The number of methoxy groups -OCH3 is 1. The summed E-state index contributed by atoms with van der Waals surface area (Å²) in [6.45, 7) is 8.41. The molecule has 1 aromatic carbocycles. The molecule has 5 heteroatoms. The average molecular weight is 292 g/mol. The monoisotopic (exact) mass is 292 g/mol. The number of carbonyl (C=O) groups excluding carboxylic acids is 1. The van der Waals surface area contributed by atoms with Crippen molar-refractivity contribution in [3.8, 4) is 11.5 Å². The third kappa shape index (κ3) is 5.87. The van der Waals surface area contributed by atoms with Crippen LogP contribution in [0.25, 0.3) is 0 Å². The van der Waals surface area contributed by atoms with Gasteiger partial charge in [-0.25, -0.2) is 0 Å². The van der Waals surface area contributed by atoms with Crippen molar-refractivity contribution in [3.05, 3.63) is 36.4 Å². The van der Waals surface area contributed by atoms with E-state index in [-0.39, 0.29) is 5.91 Å². The van der Waals surface area contributed by atoms with Crippen LogP contribution in [-0.4, -0.2) is 39.3 Å². The van der Waals surface area contributed by atoms with Crippen LogP contribution in [0.5, 0.6) is 11.5 Å². The minimum atomic E-state index is -0.123. The van der Waals surface area contributed by atoms with Crippen LogP contribution in [0.1, 0.15) is 23.7 Å². The molecule has 0 saturated heterocycles. The Morgan fingerprint density at radius 2 is 2.10 bits per heavy atom. The van der Waals surface area contributed by atoms with Crippen LogP contribution in [0.4, 0.5) is 0 Å². The molecule has 0 aromatic heterocycles. The van der Waals surface area contributed by atoms with E-state index in [1.165, 1.54) is 0 Å². The van der Waals surface area contributed by atoms with E-state index in [4.69, 9.17) is 9.47 Å². The predicted molar refractivity (Wildman–Crippen MR) is 84.2 cm³/mol. The molecule has 1 aromatic rings. The zero-order chi connectivity index (χ0) is 15.5. The molecule has 0 atom stereocenters. The van der Waals surface area contributed by atoms with Gasteiger partial charge in [-0.15, -0.1) is 0 Å². The molecule has 0 heterocycles. The molecule has 21 heavy (non-hydrogen) atoms. The summed E-state index contributed by atoms with van der Waals surface area (Å²) in [4.78, 5) is 12.0. The van der Waals surface area contributed by atoms with E-state index in [0.29, 0.717) is 30.2 Å². The van der Waals surface area contributed by atoms with E-state index < -0.39 is 0 Å². The first-order valence-corrected chi connectivity index (χ1v) is 7.13. The number of rotatable bonds is 10. The van der Waals surface area contributed by atoms with Crippen molar-refractivity contribution >= 4 is 5.91 Å². The molecule has 0 aliphatic rings. The van der Waals surface area contributed by atoms with E-state index in [1.54, 1.807) is 31.4 Å². The fourth-order valence-electron chi connectivity index (χ4n) is 1.75. The molecule has 0 spiro atoms. The molecule has 0 aliphatic carbocycles. The minimum Gasteiger partial charge on any atom is -0.493 e. The van der Waals surface area contributed by atoms with Crippen molar-refractivity contribution in [2.75, 3.05) is 33.4 Å². The van der Waals surface area contributed by atoms with Gasteiger partial charge in [-0.1, -0.05) is 19.6 Å². The van der Waals surface area contributed by atoms with Gasteiger partial charge in [-0.2, -0.15) is 0 Å². The van der Waals surface area contributed by atoms with Crippen LogP contribution >= 0.6 is 0 Å². The van der Waals surface area contributed by atoms with Gasteiger partial charge in [0.15, 0.2) is 11.5 Å². The highest BCUT2D eigenvalue weighted by molar-refractivity contribution is 5.94. The van der Waals surface area contributed by atoms with Crippen LogP contribution in [-0.2, 0) is 0 Å². The van der Waals surface area contributed by atoms with E-state index in [9.17, 15) is 4.79 Å². The summed E-state index contributed by atoms with van der Waals surface area (Å²) in [5.74, 6) is 1.01. The highest BCUT2D eigenvalue weighted by atomic mass is 16.5. The molecule has 5 nitrogen and oxygen atoms in total. The Balaban J connectivity index is 2.57. The van der Waals surface area contributed by atoms with Gasteiger partial charge in [0, 0.05) is 18.7 Å². The molecule has 1 amide bonds. The largest absolute Gasteiger partial charge is 0.493 e. The van der Waals surface area contributed by atoms with Gasteiger partial charge in [0.2, 0.25) is 0 Å². The molecule has 116 valence electrons. The summed E-state index contributed by atoms with van der Waals surface area (Å²) in [7, 11) is 1.55. The standard InChI is InChI=1S/C16H24N2O3/c1-4-8-17-9-10-18-16(19)13-6-7-14(21-11-5-2)15(12-13)20-3/h5-7,12,17H,2,4,8-11H2,1,3H3,(H,18,19). The van der Waals surface area contributed by atoms with Crippen LogP contribution in [0, 0.1) is 0 Å². The molecular formula is C16H24N2O3. The van der Waals surface area contributed by atoms with Gasteiger partial charge in [-0.05, 0) is 31.2 Å². The fraction of sp³-hybridized carbons (Fsp3) is 0.438. The highest BCUT2D eigenvalue weighted by Crippen LogP contribution is 2.27. The van der Waals surface area contributed by atoms with Gasteiger partial charge < -0.3 is 20.1 Å². The molecule has 0 unspecified atom stereocenters. The van der Waals surface area contributed by atoms with E-state index in [2.05, 4.69) is 24.1 Å². The number of nitrogens with one attached hydrogen (secondary N) is 2. The molecule has 0 saturated carbocycles. The number of benzene rings is 1. The predicted octanol–water partition coefficient (Wildman–Crippen LogP) is 1.99. The summed E-state index contributed by atoms with van der Waals surface area (Å²) in [6, 6.07) is 5.12. The Kier molecular flexibility index (Phi) is 7.97. The van der Waals surface area contributed by atoms with E-state index >= 15 is 0 Å². The Hall–Kier alpha value is -2.01. The van der Waals surface area contributed by atoms with Crippen LogP contribution in [0.15, 0.2) is 30.9 Å². The second-order valence-corrected chi connectivity index (χ2v) is 4.47. The lowest BCUT2D eigenvalue weighted by atomic mass is 10.2. The molecule has 0 radical (unpaired) electrons. The second kappa shape index (κ2) is 9.83. The number of ether oxygens (including phenoxy) is 2. The summed E-state index contributed by atoms with van der Waals surface area (Å²) in [5.41, 5.74) is 0.549. The summed E-state index contributed by atoms with van der Waals surface area (Å²) in [5, 5.41) is 6.09. The Morgan fingerprint density at radius 1 is 1.29 bits per heavy atom. The summed E-state index contributed by atoms with van der Waals surface area (Å²) < 4.78 is 10.7. The first kappa shape index (κ1) is 17.0. The van der Waals surface area contributed by atoms with Gasteiger partial charge in [-0.3, -0.25) is 4.79 Å². The maximum atomic E-state index is 12.0. The van der Waals surface area contributed by atoms with Crippen LogP contribution in [0.2, 0.25) is 0 Å². The molecular weight excluding hydrogens is 268 g/mol. The lowest BCUT2D eigenvalue weighted by Crippen LogP contribution is -2.32. The number of hydrogen-bond donors (Lipinski definition) is 2. The second-order valence-electron chi connectivity index (χ2n) is 4.47. The van der Waals surface area contributed by atoms with E-state index in [0.717, 1.165) is 19.5 Å². The molecule has 2 N–H and O–H groups in total. The van der Waals surface area contributed by atoms with Crippen molar-refractivity contribution in [2.45, 2.75) is 13.3 Å². The van der Waals surface area contributed by atoms with Crippen LogP contribution < -0.4 is 20.1 Å². The lowest BCUT2D eigenvalue weighted by molar-refractivity contribution is 0.0953. The highest BCUT2D eigenvalue weighted by Gasteiger charge is 2.10. The first-order chi connectivity index (χ1) is 10.2. The quantitative estimate of drug-likeness (QED) is 0.511. The fourth-order valence-corrected chi connectivity index (χ4v) is 1.75.